The highest BCUT2D eigenvalue weighted by Crippen LogP contribution is 2.38. The Morgan fingerprint density at radius 2 is 1.23 bits per heavy atom. The molecule has 0 aliphatic rings. The van der Waals surface area contributed by atoms with E-state index in [2.05, 4.69) is 93.9 Å². The summed E-state index contributed by atoms with van der Waals surface area (Å²) in [5.74, 6) is 2.20. The van der Waals surface area contributed by atoms with Gasteiger partial charge in [-0.3, -0.25) is 8.97 Å². The molecule has 0 spiro atoms. The first-order valence-corrected chi connectivity index (χ1v) is 15.6. The van der Waals surface area contributed by atoms with Crippen molar-refractivity contribution in [2.24, 2.45) is 0 Å². The molecule has 4 heterocycles. The Labute approximate surface area is 268 Å². The van der Waals surface area contributed by atoms with Gasteiger partial charge in [0.2, 0.25) is 5.78 Å². The van der Waals surface area contributed by atoms with Crippen molar-refractivity contribution in [1.82, 2.24) is 23.9 Å². The molecule has 220 valence electrons. The third kappa shape index (κ3) is 3.95. The number of fused-ring (bicyclic) bond motifs is 8. The van der Waals surface area contributed by atoms with E-state index >= 15 is 0 Å². The van der Waals surface area contributed by atoms with Crippen molar-refractivity contribution in [3.63, 3.8) is 0 Å². The molecular formula is C41H25N5O. The molecule has 4 aromatic heterocycles. The molecule has 0 unspecified atom stereocenters. The maximum absolute atomic E-state index is 6.44. The molecule has 0 bridgehead atoms. The van der Waals surface area contributed by atoms with Crippen molar-refractivity contribution >= 4 is 49.8 Å². The van der Waals surface area contributed by atoms with Crippen molar-refractivity contribution in [3.8, 4) is 39.6 Å². The van der Waals surface area contributed by atoms with Gasteiger partial charge in [-0.05, 0) is 35.9 Å². The maximum atomic E-state index is 6.44. The minimum Gasteiger partial charge on any atom is -0.455 e. The number of hydrogen-bond acceptors (Lipinski definition) is 4. The molecule has 0 N–H and O–H groups in total. The molecule has 0 atom stereocenters. The number of benzene rings is 6. The number of rotatable bonds is 4. The second-order valence-electron chi connectivity index (χ2n) is 11.7. The van der Waals surface area contributed by atoms with E-state index in [0.717, 1.165) is 83.5 Å². The molecule has 0 aliphatic heterocycles. The first-order chi connectivity index (χ1) is 23.3. The summed E-state index contributed by atoms with van der Waals surface area (Å²) in [6, 6.07) is 51.9. The van der Waals surface area contributed by atoms with Crippen molar-refractivity contribution in [3.05, 3.63) is 152 Å². The molecule has 0 saturated carbocycles. The van der Waals surface area contributed by atoms with E-state index in [-0.39, 0.29) is 0 Å². The highest BCUT2D eigenvalue weighted by Gasteiger charge is 2.21. The highest BCUT2D eigenvalue weighted by atomic mass is 16.3. The summed E-state index contributed by atoms with van der Waals surface area (Å²) in [7, 11) is 0. The Bertz CT molecular complexity index is 2730. The van der Waals surface area contributed by atoms with Gasteiger partial charge in [0.1, 0.15) is 17.0 Å². The van der Waals surface area contributed by atoms with Crippen LogP contribution in [0.2, 0.25) is 0 Å². The van der Waals surface area contributed by atoms with Gasteiger partial charge in [-0.25, -0.2) is 15.0 Å². The standard InChI is InChI=1S/C41H25N5O/c1-3-12-26(13-4-1)33-25-38(44-40(42-33)27-14-5-2-6-15-27)46-35-23-22-28(24-36(35)45-34-20-9-8-19-32(34)43-41(45)46)29-17-11-18-31-30-16-7-10-21-37(30)47-39(29)31/h1-25H. The normalized spacial score (nSPS) is 11.8. The van der Waals surface area contributed by atoms with E-state index in [1.165, 1.54) is 0 Å². The molecule has 10 rings (SSSR count). The van der Waals surface area contributed by atoms with Crippen LogP contribution in [0, 0.1) is 0 Å². The Morgan fingerprint density at radius 1 is 0.489 bits per heavy atom. The fraction of sp³-hybridized carbons (Fsp3) is 0. The lowest BCUT2D eigenvalue weighted by Gasteiger charge is -2.11. The SMILES string of the molecule is c1ccc(-c2cc(-n3c4ccc(-c5cccc6c5oc5ccccc56)cc4n4c5ccccc5nc34)nc(-c3ccccc3)n2)cc1. The summed E-state index contributed by atoms with van der Waals surface area (Å²) in [6.45, 7) is 0. The largest absolute Gasteiger partial charge is 0.455 e. The smallest absolute Gasteiger partial charge is 0.221 e. The quantitative estimate of drug-likeness (QED) is 0.201. The predicted octanol–water partition coefficient (Wildman–Crippen LogP) is 10.1. The zero-order valence-corrected chi connectivity index (χ0v) is 25.1. The van der Waals surface area contributed by atoms with E-state index in [1.54, 1.807) is 0 Å². The fourth-order valence-electron chi connectivity index (χ4n) is 6.79. The van der Waals surface area contributed by atoms with Gasteiger partial charge >= 0.3 is 0 Å². The third-order valence-electron chi connectivity index (χ3n) is 8.96. The summed E-state index contributed by atoms with van der Waals surface area (Å²) < 4.78 is 10.8. The zero-order chi connectivity index (χ0) is 30.9. The van der Waals surface area contributed by atoms with Crippen LogP contribution >= 0.6 is 0 Å². The summed E-state index contributed by atoms with van der Waals surface area (Å²) >= 11 is 0. The lowest BCUT2D eigenvalue weighted by molar-refractivity contribution is 0.670. The Balaban J connectivity index is 1.27. The van der Waals surface area contributed by atoms with Crippen molar-refractivity contribution in [2.45, 2.75) is 0 Å². The number of furan rings is 1. The average Bonchev–Trinajstić information content (AvgIpc) is 3.80. The van der Waals surface area contributed by atoms with Crippen molar-refractivity contribution in [2.75, 3.05) is 0 Å². The maximum Gasteiger partial charge on any atom is 0.221 e. The van der Waals surface area contributed by atoms with Gasteiger partial charge in [0.25, 0.3) is 0 Å². The number of para-hydroxylation sites is 4. The van der Waals surface area contributed by atoms with Crippen LogP contribution in [0.3, 0.4) is 0 Å². The summed E-state index contributed by atoms with van der Waals surface area (Å²) in [5.41, 5.74) is 10.7. The first-order valence-electron chi connectivity index (χ1n) is 15.6. The van der Waals surface area contributed by atoms with Gasteiger partial charge in [0, 0.05) is 33.5 Å². The summed E-state index contributed by atoms with van der Waals surface area (Å²) in [5, 5.41) is 2.23. The van der Waals surface area contributed by atoms with Crippen LogP contribution in [0.15, 0.2) is 156 Å². The fourth-order valence-corrected chi connectivity index (χ4v) is 6.79. The van der Waals surface area contributed by atoms with Crippen LogP contribution in [-0.2, 0) is 0 Å². The predicted molar refractivity (Wildman–Crippen MR) is 189 cm³/mol. The lowest BCUT2D eigenvalue weighted by Crippen LogP contribution is -2.03. The van der Waals surface area contributed by atoms with E-state index in [0.29, 0.717) is 5.82 Å². The van der Waals surface area contributed by atoms with E-state index in [4.69, 9.17) is 19.4 Å². The molecule has 6 heteroatoms. The summed E-state index contributed by atoms with van der Waals surface area (Å²) in [4.78, 5) is 15.4. The lowest BCUT2D eigenvalue weighted by atomic mass is 10.0. The minimum absolute atomic E-state index is 0.659. The van der Waals surface area contributed by atoms with Crippen LogP contribution in [0.4, 0.5) is 0 Å². The van der Waals surface area contributed by atoms with Gasteiger partial charge in [0.15, 0.2) is 5.82 Å². The van der Waals surface area contributed by atoms with Crippen LogP contribution in [0.5, 0.6) is 0 Å². The molecule has 0 radical (unpaired) electrons. The Hall–Kier alpha value is -6.53. The molecule has 0 aliphatic carbocycles. The molecule has 10 aromatic rings. The van der Waals surface area contributed by atoms with Crippen LogP contribution in [0.25, 0.3) is 89.4 Å². The van der Waals surface area contributed by atoms with Gasteiger partial charge in [-0.1, -0.05) is 115 Å². The van der Waals surface area contributed by atoms with Gasteiger partial charge in [0.05, 0.1) is 27.8 Å². The second kappa shape index (κ2) is 9.99. The molecular weight excluding hydrogens is 578 g/mol. The van der Waals surface area contributed by atoms with Crippen LogP contribution in [-0.4, -0.2) is 23.9 Å². The number of hydrogen-bond donors (Lipinski definition) is 0. The average molecular weight is 604 g/mol. The minimum atomic E-state index is 0.659. The van der Waals surface area contributed by atoms with Crippen LogP contribution in [0.1, 0.15) is 0 Å². The molecule has 0 saturated heterocycles. The molecule has 0 amide bonds. The molecule has 6 aromatic carbocycles. The van der Waals surface area contributed by atoms with E-state index in [1.807, 2.05) is 66.7 Å². The number of imidazole rings is 2. The monoisotopic (exact) mass is 603 g/mol. The second-order valence-corrected chi connectivity index (χ2v) is 11.7. The number of nitrogens with zero attached hydrogens (tertiary/aromatic N) is 5. The van der Waals surface area contributed by atoms with Gasteiger partial charge < -0.3 is 4.42 Å². The zero-order valence-electron chi connectivity index (χ0n) is 25.1. The molecule has 47 heavy (non-hydrogen) atoms. The molecule has 0 fully saturated rings. The van der Waals surface area contributed by atoms with Gasteiger partial charge in [-0.15, -0.1) is 0 Å². The third-order valence-corrected chi connectivity index (χ3v) is 8.96. The van der Waals surface area contributed by atoms with Crippen molar-refractivity contribution < 1.29 is 4.42 Å². The van der Waals surface area contributed by atoms with Crippen molar-refractivity contribution in [1.29, 1.82) is 0 Å². The number of aromatic nitrogens is 5. The van der Waals surface area contributed by atoms with E-state index < -0.39 is 0 Å². The highest BCUT2D eigenvalue weighted by molar-refractivity contribution is 6.10. The Morgan fingerprint density at radius 3 is 2.11 bits per heavy atom. The van der Waals surface area contributed by atoms with E-state index in [9.17, 15) is 0 Å². The summed E-state index contributed by atoms with van der Waals surface area (Å²) in [6.07, 6.45) is 0. The molecule has 6 nitrogen and oxygen atoms in total. The van der Waals surface area contributed by atoms with Gasteiger partial charge in [-0.2, -0.15) is 0 Å². The first kappa shape index (κ1) is 25.8. The topological polar surface area (TPSA) is 61.2 Å². The Kier molecular flexibility index (Phi) is 5.48. The van der Waals surface area contributed by atoms with Crippen LogP contribution < -0.4 is 0 Å².